The molecule has 0 atom stereocenters. The Kier molecular flexibility index (Phi) is 3.55. The van der Waals surface area contributed by atoms with E-state index in [-0.39, 0.29) is 15.6 Å². The van der Waals surface area contributed by atoms with Crippen LogP contribution < -0.4 is 5.73 Å². The molecule has 0 amide bonds. The molecule has 0 aromatic heterocycles. The highest BCUT2D eigenvalue weighted by molar-refractivity contribution is 7.99. The van der Waals surface area contributed by atoms with E-state index in [0.29, 0.717) is 11.8 Å². The molecule has 1 rings (SSSR count). The highest BCUT2D eigenvalue weighted by Gasteiger charge is 2.28. The van der Waals surface area contributed by atoms with E-state index in [9.17, 15) is 13.2 Å². The number of hydrogen-bond acceptors (Lipinski definition) is 2. The minimum atomic E-state index is -4.21. The summed E-state index contributed by atoms with van der Waals surface area (Å²) in [4.78, 5) is 0.284. The van der Waals surface area contributed by atoms with E-state index < -0.39 is 11.9 Å². The van der Waals surface area contributed by atoms with E-state index in [4.69, 9.17) is 17.3 Å². The van der Waals surface area contributed by atoms with Crippen molar-refractivity contribution in [1.82, 2.24) is 0 Å². The van der Waals surface area contributed by atoms with Gasteiger partial charge in [0.15, 0.2) is 0 Å². The molecule has 0 unspecified atom stereocenters. The van der Waals surface area contributed by atoms with Gasteiger partial charge in [0, 0.05) is 10.6 Å². The summed E-state index contributed by atoms with van der Waals surface area (Å²) in [5.74, 6) is -0.985. The number of nitrogen functional groups attached to an aromatic ring is 1. The predicted molar refractivity (Wildman–Crippen MR) is 52.6 cm³/mol. The van der Waals surface area contributed by atoms with Gasteiger partial charge in [0.25, 0.3) is 0 Å². The third kappa shape index (κ3) is 3.31. The Bertz CT molecular complexity index is 307. The smallest absolute Gasteiger partial charge is 0.398 e. The summed E-state index contributed by atoms with van der Waals surface area (Å²) in [5, 5.41) is 0.249. The van der Waals surface area contributed by atoms with Gasteiger partial charge >= 0.3 is 6.18 Å². The average Bonchev–Trinajstić information content (AvgIpc) is 2.01. The first-order valence-corrected chi connectivity index (χ1v) is 5.00. The monoisotopic (exact) mass is 241 g/mol. The molecule has 1 aromatic carbocycles. The first-order valence-electron chi connectivity index (χ1n) is 3.63. The zero-order valence-corrected chi connectivity index (χ0v) is 8.51. The Morgan fingerprint density at radius 3 is 2.50 bits per heavy atom. The van der Waals surface area contributed by atoms with Gasteiger partial charge in [0.1, 0.15) is 0 Å². The second kappa shape index (κ2) is 4.31. The summed E-state index contributed by atoms with van der Waals surface area (Å²) in [7, 11) is 0. The maximum atomic E-state index is 11.9. The molecule has 0 aliphatic rings. The Labute approximate surface area is 88.4 Å². The van der Waals surface area contributed by atoms with E-state index in [1.165, 1.54) is 12.1 Å². The van der Waals surface area contributed by atoms with Crippen LogP contribution in [0.2, 0.25) is 5.02 Å². The molecule has 0 fully saturated rings. The lowest BCUT2D eigenvalue weighted by Gasteiger charge is -2.09. The van der Waals surface area contributed by atoms with E-state index >= 15 is 0 Å². The molecular formula is C8H7ClF3NS. The molecule has 14 heavy (non-hydrogen) atoms. The minimum absolute atomic E-state index is 0.249. The second-order valence-electron chi connectivity index (χ2n) is 2.56. The van der Waals surface area contributed by atoms with Crippen molar-refractivity contribution in [2.24, 2.45) is 0 Å². The van der Waals surface area contributed by atoms with Gasteiger partial charge in [-0.05, 0) is 12.1 Å². The van der Waals surface area contributed by atoms with Crippen LogP contribution >= 0.6 is 23.4 Å². The van der Waals surface area contributed by atoms with Crippen LogP contribution in [0.4, 0.5) is 18.9 Å². The minimum Gasteiger partial charge on any atom is -0.398 e. The van der Waals surface area contributed by atoms with Crippen LogP contribution in [0.1, 0.15) is 0 Å². The fraction of sp³-hybridized carbons (Fsp3) is 0.250. The molecule has 0 saturated heterocycles. The maximum absolute atomic E-state index is 11.9. The lowest BCUT2D eigenvalue weighted by molar-refractivity contribution is -0.105. The van der Waals surface area contributed by atoms with Gasteiger partial charge < -0.3 is 5.73 Å². The van der Waals surface area contributed by atoms with Gasteiger partial charge in [0.05, 0.1) is 10.8 Å². The number of benzene rings is 1. The number of halogens is 4. The van der Waals surface area contributed by atoms with Crippen molar-refractivity contribution in [1.29, 1.82) is 0 Å². The molecule has 6 heteroatoms. The average molecular weight is 242 g/mol. The van der Waals surface area contributed by atoms with E-state index in [0.717, 1.165) is 0 Å². The van der Waals surface area contributed by atoms with Gasteiger partial charge in [-0.3, -0.25) is 0 Å². The highest BCUT2D eigenvalue weighted by Crippen LogP contribution is 2.35. The van der Waals surface area contributed by atoms with Gasteiger partial charge in [0.2, 0.25) is 0 Å². The van der Waals surface area contributed by atoms with Crippen LogP contribution in [0.3, 0.4) is 0 Å². The second-order valence-corrected chi connectivity index (χ2v) is 3.95. The Morgan fingerprint density at radius 2 is 2.00 bits per heavy atom. The number of thioether (sulfide) groups is 1. The largest absolute Gasteiger partial charge is 0.398 e. The lowest BCUT2D eigenvalue weighted by atomic mass is 10.3. The Morgan fingerprint density at radius 1 is 1.36 bits per heavy atom. The standard InChI is InChI=1S/C8H7ClF3NS/c9-5-2-1-3-6(13)7(5)14-4-8(10,11)12/h1-3H,4,13H2. The summed E-state index contributed by atoms with van der Waals surface area (Å²) in [6.07, 6.45) is -4.21. The van der Waals surface area contributed by atoms with Crippen LogP contribution in [0.15, 0.2) is 23.1 Å². The topological polar surface area (TPSA) is 26.0 Å². The Balaban J connectivity index is 2.77. The number of nitrogens with two attached hydrogens (primary N) is 1. The number of rotatable bonds is 2. The predicted octanol–water partition coefficient (Wildman–Crippen LogP) is 3.58. The molecule has 0 aliphatic carbocycles. The third-order valence-corrected chi connectivity index (χ3v) is 3.02. The van der Waals surface area contributed by atoms with Gasteiger partial charge in [-0.15, -0.1) is 11.8 Å². The fourth-order valence-corrected chi connectivity index (χ4v) is 1.93. The molecule has 2 N–H and O–H groups in total. The zero-order valence-electron chi connectivity index (χ0n) is 6.94. The van der Waals surface area contributed by atoms with Crippen molar-refractivity contribution in [2.45, 2.75) is 11.1 Å². The van der Waals surface area contributed by atoms with Gasteiger partial charge in [-0.1, -0.05) is 17.7 Å². The zero-order chi connectivity index (χ0) is 10.8. The van der Waals surface area contributed by atoms with Crippen LogP contribution in [0.5, 0.6) is 0 Å². The van der Waals surface area contributed by atoms with Crippen molar-refractivity contribution in [3.05, 3.63) is 23.2 Å². The molecule has 0 spiro atoms. The molecule has 1 nitrogen and oxygen atoms in total. The van der Waals surface area contributed by atoms with Crippen LogP contribution in [0, 0.1) is 0 Å². The number of anilines is 1. The molecule has 1 aromatic rings. The molecular weight excluding hydrogens is 235 g/mol. The first-order chi connectivity index (χ1) is 6.40. The first kappa shape index (κ1) is 11.5. The van der Waals surface area contributed by atoms with E-state index in [1.54, 1.807) is 6.07 Å². The number of hydrogen-bond donors (Lipinski definition) is 1. The van der Waals surface area contributed by atoms with Gasteiger partial charge in [-0.2, -0.15) is 13.2 Å². The van der Waals surface area contributed by atoms with Crippen molar-refractivity contribution >= 4 is 29.1 Å². The lowest BCUT2D eigenvalue weighted by Crippen LogP contribution is -2.10. The fourth-order valence-electron chi connectivity index (χ4n) is 0.832. The highest BCUT2D eigenvalue weighted by atomic mass is 35.5. The van der Waals surface area contributed by atoms with E-state index in [2.05, 4.69) is 0 Å². The van der Waals surface area contributed by atoms with Crippen molar-refractivity contribution < 1.29 is 13.2 Å². The van der Waals surface area contributed by atoms with Gasteiger partial charge in [-0.25, -0.2) is 0 Å². The van der Waals surface area contributed by atoms with Crippen LogP contribution in [0.25, 0.3) is 0 Å². The summed E-state index contributed by atoms with van der Waals surface area (Å²) < 4.78 is 35.7. The molecule has 0 radical (unpaired) electrons. The van der Waals surface area contributed by atoms with Crippen molar-refractivity contribution in [3.63, 3.8) is 0 Å². The summed E-state index contributed by atoms with van der Waals surface area (Å²) in [6.45, 7) is 0. The summed E-state index contributed by atoms with van der Waals surface area (Å²) in [5.41, 5.74) is 5.75. The number of alkyl halides is 3. The summed E-state index contributed by atoms with van der Waals surface area (Å²) in [6, 6.07) is 4.62. The van der Waals surface area contributed by atoms with Crippen LogP contribution in [-0.2, 0) is 0 Å². The van der Waals surface area contributed by atoms with E-state index in [1.807, 2.05) is 0 Å². The summed E-state index contributed by atoms with van der Waals surface area (Å²) >= 11 is 6.29. The SMILES string of the molecule is Nc1cccc(Cl)c1SCC(F)(F)F. The molecule has 78 valence electrons. The Hall–Kier alpha value is -0.550. The van der Waals surface area contributed by atoms with Crippen LogP contribution in [-0.4, -0.2) is 11.9 Å². The normalized spacial score (nSPS) is 11.7. The maximum Gasteiger partial charge on any atom is 0.398 e. The molecule has 0 aliphatic heterocycles. The third-order valence-electron chi connectivity index (χ3n) is 1.38. The molecule has 0 heterocycles. The molecule has 0 saturated carbocycles. The quantitative estimate of drug-likeness (QED) is 0.633. The van der Waals surface area contributed by atoms with Crippen molar-refractivity contribution in [2.75, 3.05) is 11.5 Å². The van der Waals surface area contributed by atoms with Crippen molar-refractivity contribution in [3.8, 4) is 0 Å². The molecule has 0 bridgehead atoms.